The first kappa shape index (κ1) is 9.25. The van der Waals surface area contributed by atoms with Crippen molar-refractivity contribution in [2.45, 2.75) is 6.42 Å². The van der Waals surface area contributed by atoms with Crippen LogP contribution in [0.5, 0.6) is 0 Å². The number of nitrogens with one attached hydrogen (secondary N) is 2. The maximum Gasteiger partial charge on any atom is 0.248 e. The first-order valence-electron chi connectivity index (χ1n) is 3.82. The summed E-state index contributed by atoms with van der Waals surface area (Å²) in [6, 6.07) is 2.89. The highest BCUT2D eigenvalue weighted by Crippen LogP contribution is 2.01. The van der Waals surface area contributed by atoms with Crippen LogP contribution in [0.4, 0.5) is 5.69 Å². The van der Waals surface area contributed by atoms with Crippen molar-refractivity contribution >= 4 is 11.6 Å². The summed E-state index contributed by atoms with van der Waals surface area (Å²) < 4.78 is 0. The zero-order valence-corrected chi connectivity index (χ0v) is 7.04. The number of hydrogen-bond donors (Lipinski definition) is 2. The van der Waals surface area contributed by atoms with Crippen LogP contribution in [0.2, 0.25) is 0 Å². The first-order chi connectivity index (χ1) is 6.22. The zero-order chi connectivity index (χ0) is 9.68. The van der Waals surface area contributed by atoms with Gasteiger partial charge in [0.1, 0.15) is 0 Å². The molecule has 0 aliphatic rings. The summed E-state index contributed by atoms with van der Waals surface area (Å²) >= 11 is 0. The molecule has 1 aromatic heterocycles. The summed E-state index contributed by atoms with van der Waals surface area (Å²) in [6.07, 6.45) is 3.23. The van der Waals surface area contributed by atoms with E-state index < -0.39 is 0 Å². The van der Waals surface area contributed by atoms with Gasteiger partial charge in [-0.15, -0.1) is 6.58 Å². The van der Waals surface area contributed by atoms with Crippen LogP contribution in [0, 0.1) is 0 Å². The van der Waals surface area contributed by atoms with Crippen LogP contribution >= 0.6 is 0 Å². The Balaban J connectivity index is 2.64. The number of H-pyrrole nitrogens is 1. The molecule has 0 radical (unpaired) electrons. The summed E-state index contributed by atoms with van der Waals surface area (Å²) in [4.78, 5) is 24.1. The molecule has 0 atom stereocenters. The van der Waals surface area contributed by atoms with Crippen molar-refractivity contribution in [3.8, 4) is 0 Å². The van der Waals surface area contributed by atoms with Crippen molar-refractivity contribution in [2.75, 3.05) is 5.32 Å². The maximum atomic E-state index is 11.0. The van der Waals surface area contributed by atoms with Gasteiger partial charge in [0.2, 0.25) is 11.5 Å². The fraction of sp³-hybridized carbons (Fsp3) is 0.111. The van der Waals surface area contributed by atoms with E-state index >= 15 is 0 Å². The number of carbonyl (C=O) groups excluding carboxylic acids is 1. The zero-order valence-electron chi connectivity index (χ0n) is 7.04. The van der Waals surface area contributed by atoms with Gasteiger partial charge in [-0.05, 0) is 6.07 Å². The Morgan fingerprint density at radius 1 is 1.62 bits per heavy atom. The smallest absolute Gasteiger partial charge is 0.248 e. The highest BCUT2D eigenvalue weighted by Gasteiger charge is 1.98. The summed E-state index contributed by atoms with van der Waals surface area (Å²) in [5.41, 5.74) is 0.383. The van der Waals surface area contributed by atoms with Crippen molar-refractivity contribution in [3.63, 3.8) is 0 Å². The van der Waals surface area contributed by atoms with Gasteiger partial charge in [-0.1, -0.05) is 6.08 Å². The van der Waals surface area contributed by atoms with Crippen LogP contribution in [0.3, 0.4) is 0 Å². The molecule has 68 valence electrons. The number of pyridine rings is 1. The number of rotatable bonds is 3. The molecule has 0 aliphatic carbocycles. The van der Waals surface area contributed by atoms with Crippen LogP contribution in [-0.2, 0) is 4.79 Å². The molecule has 4 nitrogen and oxygen atoms in total. The van der Waals surface area contributed by atoms with E-state index in [1.807, 2.05) is 0 Å². The lowest BCUT2D eigenvalue weighted by molar-refractivity contribution is -0.115. The van der Waals surface area contributed by atoms with Gasteiger partial charge in [-0.2, -0.15) is 0 Å². The first-order valence-corrected chi connectivity index (χ1v) is 3.82. The predicted molar refractivity (Wildman–Crippen MR) is 50.5 cm³/mol. The number of aromatic nitrogens is 1. The standard InChI is InChI=1S/C9H10N2O2/c1-2-3-9(13)11-7-4-5-8(12)10-6-7/h2,4-6H,1,3H2,(H,10,12)(H,11,13). The number of hydrogen-bond acceptors (Lipinski definition) is 2. The van der Waals surface area contributed by atoms with Crippen LogP contribution in [-0.4, -0.2) is 10.9 Å². The monoisotopic (exact) mass is 178 g/mol. The Morgan fingerprint density at radius 3 is 2.92 bits per heavy atom. The molecule has 0 aromatic carbocycles. The molecule has 0 bridgehead atoms. The van der Waals surface area contributed by atoms with E-state index in [1.54, 1.807) is 6.07 Å². The Morgan fingerprint density at radius 2 is 2.38 bits per heavy atom. The molecule has 1 aromatic rings. The van der Waals surface area contributed by atoms with Crippen LogP contribution < -0.4 is 10.9 Å². The Labute approximate surface area is 75.3 Å². The van der Waals surface area contributed by atoms with E-state index in [9.17, 15) is 9.59 Å². The quantitative estimate of drug-likeness (QED) is 0.675. The molecule has 0 saturated heterocycles. The summed E-state index contributed by atoms with van der Waals surface area (Å²) in [5.74, 6) is -0.151. The fourth-order valence-electron chi connectivity index (χ4n) is 0.831. The SMILES string of the molecule is C=CCC(=O)Nc1ccc(=O)[nH]c1. The molecule has 1 rings (SSSR count). The van der Waals surface area contributed by atoms with Gasteiger partial charge in [0, 0.05) is 18.7 Å². The lowest BCUT2D eigenvalue weighted by atomic mass is 10.3. The minimum absolute atomic E-state index is 0.151. The van der Waals surface area contributed by atoms with Gasteiger partial charge in [0.15, 0.2) is 0 Å². The van der Waals surface area contributed by atoms with E-state index in [2.05, 4.69) is 16.9 Å². The lowest BCUT2D eigenvalue weighted by Gasteiger charge is -2.01. The van der Waals surface area contributed by atoms with Gasteiger partial charge < -0.3 is 10.3 Å². The van der Waals surface area contributed by atoms with Crippen molar-refractivity contribution in [1.82, 2.24) is 4.98 Å². The highest BCUT2D eigenvalue weighted by atomic mass is 16.1. The summed E-state index contributed by atoms with van der Waals surface area (Å²) in [6.45, 7) is 3.44. The number of amides is 1. The molecule has 1 heterocycles. The van der Waals surface area contributed by atoms with Crippen molar-refractivity contribution in [3.05, 3.63) is 41.3 Å². The topological polar surface area (TPSA) is 62.0 Å². The Kier molecular flexibility index (Phi) is 3.03. The van der Waals surface area contributed by atoms with Gasteiger partial charge in [0.05, 0.1) is 5.69 Å². The van der Waals surface area contributed by atoms with Crippen LogP contribution in [0.25, 0.3) is 0 Å². The van der Waals surface area contributed by atoms with Crippen molar-refractivity contribution in [1.29, 1.82) is 0 Å². The third kappa shape index (κ3) is 2.94. The highest BCUT2D eigenvalue weighted by molar-refractivity contribution is 5.91. The largest absolute Gasteiger partial charge is 0.327 e. The van der Waals surface area contributed by atoms with E-state index in [1.165, 1.54) is 18.3 Å². The third-order valence-corrected chi connectivity index (χ3v) is 1.40. The molecule has 0 spiro atoms. The average Bonchev–Trinajstić information content (AvgIpc) is 2.09. The molecule has 13 heavy (non-hydrogen) atoms. The molecule has 4 heteroatoms. The second-order valence-electron chi connectivity index (χ2n) is 2.48. The van der Waals surface area contributed by atoms with E-state index in [4.69, 9.17) is 0 Å². The minimum atomic E-state index is -0.193. The van der Waals surface area contributed by atoms with Gasteiger partial charge in [-0.3, -0.25) is 9.59 Å². The second-order valence-corrected chi connectivity index (χ2v) is 2.48. The normalized spacial score (nSPS) is 9.23. The Bertz CT molecular complexity index is 348. The molecular weight excluding hydrogens is 168 g/mol. The lowest BCUT2D eigenvalue weighted by Crippen LogP contribution is -2.11. The molecule has 0 aliphatic heterocycles. The van der Waals surface area contributed by atoms with Crippen molar-refractivity contribution < 1.29 is 4.79 Å². The molecule has 1 amide bonds. The fourth-order valence-corrected chi connectivity index (χ4v) is 0.831. The molecule has 0 fully saturated rings. The number of anilines is 1. The predicted octanol–water partition coefficient (Wildman–Crippen LogP) is 0.889. The summed E-state index contributed by atoms with van der Waals surface area (Å²) in [5, 5.41) is 2.59. The van der Waals surface area contributed by atoms with E-state index in [0.717, 1.165) is 0 Å². The van der Waals surface area contributed by atoms with Gasteiger partial charge in [-0.25, -0.2) is 0 Å². The van der Waals surface area contributed by atoms with E-state index in [-0.39, 0.29) is 17.9 Å². The summed E-state index contributed by atoms with van der Waals surface area (Å²) in [7, 11) is 0. The molecule has 0 saturated carbocycles. The van der Waals surface area contributed by atoms with Crippen LogP contribution in [0.1, 0.15) is 6.42 Å². The van der Waals surface area contributed by atoms with Crippen LogP contribution in [0.15, 0.2) is 35.8 Å². The molecular formula is C9H10N2O2. The van der Waals surface area contributed by atoms with Crippen molar-refractivity contribution in [2.24, 2.45) is 0 Å². The average molecular weight is 178 g/mol. The number of carbonyl (C=O) groups is 1. The van der Waals surface area contributed by atoms with Gasteiger partial charge in [0.25, 0.3) is 0 Å². The molecule has 0 unspecified atom stereocenters. The second kappa shape index (κ2) is 4.25. The van der Waals surface area contributed by atoms with Gasteiger partial charge >= 0.3 is 0 Å². The van der Waals surface area contributed by atoms with E-state index in [0.29, 0.717) is 5.69 Å². The Hall–Kier alpha value is -1.84. The maximum absolute atomic E-state index is 11.0. The number of aromatic amines is 1. The minimum Gasteiger partial charge on any atom is -0.327 e. The third-order valence-electron chi connectivity index (χ3n) is 1.40. The molecule has 2 N–H and O–H groups in total.